The molecule has 0 spiro atoms. The van der Waals surface area contributed by atoms with E-state index in [-0.39, 0.29) is 6.03 Å². The zero-order chi connectivity index (χ0) is 14.4. The molecule has 0 saturated carbocycles. The SMILES string of the molecule is CSCc1nc(CCNC(=O)Nc2cn(C)nn2)cs1. The van der Waals surface area contributed by atoms with E-state index in [4.69, 9.17) is 0 Å². The van der Waals surface area contributed by atoms with Crippen molar-refractivity contribution in [2.45, 2.75) is 12.2 Å². The molecule has 2 N–H and O–H groups in total. The van der Waals surface area contributed by atoms with E-state index in [1.807, 2.05) is 5.38 Å². The summed E-state index contributed by atoms with van der Waals surface area (Å²) in [5.74, 6) is 1.37. The minimum atomic E-state index is -0.287. The molecule has 108 valence electrons. The Labute approximate surface area is 125 Å². The van der Waals surface area contributed by atoms with Gasteiger partial charge in [-0.15, -0.1) is 16.4 Å². The molecule has 0 unspecified atom stereocenters. The van der Waals surface area contributed by atoms with Crippen LogP contribution in [0.25, 0.3) is 0 Å². The summed E-state index contributed by atoms with van der Waals surface area (Å²) in [6.45, 7) is 0.536. The van der Waals surface area contributed by atoms with E-state index in [0.29, 0.717) is 12.4 Å². The highest BCUT2D eigenvalue weighted by Crippen LogP contribution is 2.15. The highest BCUT2D eigenvalue weighted by Gasteiger charge is 2.05. The van der Waals surface area contributed by atoms with Gasteiger partial charge in [0.1, 0.15) is 5.01 Å². The number of nitrogens with zero attached hydrogens (tertiary/aromatic N) is 4. The molecule has 2 amide bonds. The predicted molar refractivity (Wildman–Crippen MR) is 81.1 cm³/mol. The zero-order valence-corrected chi connectivity index (χ0v) is 12.9. The number of carbonyl (C=O) groups excluding carboxylic acids is 1. The highest BCUT2D eigenvalue weighted by atomic mass is 32.2. The van der Waals surface area contributed by atoms with Gasteiger partial charge in [-0.3, -0.25) is 10.00 Å². The van der Waals surface area contributed by atoms with E-state index in [1.54, 1.807) is 36.3 Å². The monoisotopic (exact) mass is 312 g/mol. The van der Waals surface area contributed by atoms with Gasteiger partial charge in [0, 0.05) is 31.1 Å². The van der Waals surface area contributed by atoms with Gasteiger partial charge < -0.3 is 5.32 Å². The summed E-state index contributed by atoms with van der Waals surface area (Å²) >= 11 is 3.41. The molecular weight excluding hydrogens is 296 g/mol. The summed E-state index contributed by atoms with van der Waals surface area (Å²) in [4.78, 5) is 16.1. The van der Waals surface area contributed by atoms with Gasteiger partial charge in [-0.05, 0) is 6.26 Å². The van der Waals surface area contributed by atoms with Gasteiger partial charge in [0.05, 0.1) is 11.9 Å². The Kier molecular flexibility index (Phi) is 5.36. The first-order valence-electron chi connectivity index (χ1n) is 6.01. The molecule has 2 heterocycles. The Morgan fingerprint density at radius 3 is 3.10 bits per heavy atom. The number of hydrogen-bond donors (Lipinski definition) is 2. The van der Waals surface area contributed by atoms with Crippen molar-refractivity contribution in [3.8, 4) is 0 Å². The second-order valence-corrected chi connectivity index (χ2v) is 5.88. The molecule has 9 heteroatoms. The normalized spacial score (nSPS) is 10.5. The number of carbonyl (C=O) groups is 1. The Bertz CT molecular complexity index is 567. The average molecular weight is 312 g/mol. The van der Waals surface area contributed by atoms with E-state index in [1.165, 1.54) is 4.68 Å². The van der Waals surface area contributed by atoms with Gasteiger partial charge in [0.25, 0.3) is 0 Å². The van der Waals surface area contributed by atoms with Crippen LogP contribution in [0.3, 0.4) is 0 Å². The lowest BCUT2D eigenvalue weighted by molar-refractivity contribution is 0.252. The smallest absolute Gasteiger partial charge is 0.320 e. The van der Waals surface area contributed by atoms with Crippen molar-refractivity contribution in [1.29, 1.82) is 0 Å². The highest BCUT2D eigenvalue weighted by molar-refractivity contribution is 7.97. The number of urea groups is 1. The summed E-state index contributed by atoms with van der Waals surface area (Å²) in [5, 5.41) is 16.0. The number of aryl methyl sites for hydroxylation is 1. The maximum absolute atomic E-state index is 11.6. The number of thioether (sulfide) groups is 1. The van der Waals surface area contributed by atoms with Crippen molar-refractivity contribution in [2.24, 2.45) is 7.05 Å². The molecular formula is C11H16N6OS2. The van der Waals surface area contributed by atoms with E-state index < -0.39 is 0 Å². The second-order valence-electron chi connectivity index (χ2n) is 4.07. The zero-order valence-electron chi connectivity index (χ0n) is 11.3. The van der Waals surface area contributed by atoms with Crippen molar-refractivity contribution < 1.29 is 4.79 Å². The average Bonchev–Trinajstić information content (AvgIpc) is 3.00. The Morgan fingerprint density at radius 2 is 2.40 bits per heavy atom. The van der Waals surface area contributed by atoms with Crippen molar-refractivity contribution in [2.75, 3.05) is 18.1 Å². The first-order chi connectivity index (χ1) is 9.67. The van der Waals surface area contributed by atoms with Crippen LogP contribution in [0.5, 0.6) is 0 Å². The van der Waals surface area contributed by atoms with Crippen molar-refractivity contribution >= 4 is 34.9 Å². The van der Waals surface area contributed by atoms with Crippen molar-refractivity contribution in [1.82, 2.24) is 25.3 Å². The molecule has 2 rings (SSSR count). The number of rotatable bonds is 6. The van der Waals surface area contributed by atoms with Crippen LogP contribution in [-0.4, -0.2) is 38.8 Å². The number of aromatic nitrogens is 4. The Balaban J connectivity index is 1.70. The molecule has 0 saturated heterocycles. The van der Waals surface area contributed by atoms with Gasteiger partial charge in [0.2, 0.25) is 0 Å². The fourth-order valence-electron chi connectivity index (χ4n) is 1.52. The molecule has 0 aliphatic rings. The molecule has 0 radical (unpaired) electrons. The van der Waals surface area contributed by atoms with Crippen LogP contribution in [-0.2, 0) is 19.2 Å². The topological polar surface area (TPSA) is 84.7 Å². The van der Waals surface area contributed by atoms with E-state index in [2.05, 4.69) is 32.2 Å². The third-order valence-corrected chi connectivity index (χ3v) is 4.02. The summed E-state index contributed by atoms with van der Waals surface area (Å²) in [7, 11) is 1.74. The summed E-state index contributed by atoms with van der Waals surface area (Å²) < 4.78 is 1.53. The summed E-state index contributed by atoms with van der Waals surface area (Å²) in [6, 6.07) is -0.287. The number of amides is 2. The lowest BCUT2D eigenvalue weighted by Crippen LogP contribution is -2.30. The number of nitrogens with one attached hydrogen (secondary N) is 2. The summed E-state index contributed by atoms with van der Waals surface area (Å²) in [6.07, 6.45) is 4.41. The van der Waals surface area contributed by atoms with Gasteiger partial charge >= 0.3 is 6.03 Å². The first kappa shape index (κ1) is 14.8. The standard InChI is InChI=1S/C11H16N6OS2/c1-17-5-9(15-16-17)14-11(18)12-4-3-8-6-20-10(13-8)7-19-2/h5-6H,3-4,7H2,1-2H3,(H2,12,14,18). The predicted octanol–water partition coefficient (Wildman–Crippen LogP) is 1.50. The van der Waals surface area contributed by atoms with Crippen LogP contribution >= 0.6 is 23.1 Å². The minimum absolute atomic E-state index is 0.287. The van der Waals surface area contributed by atoms with Crippen LogP contribution in [0.15, 0.2) is 11.6 Å². The molecule has 0 fully saturated rings. The maximum atomic E-state index is 11.6. The first-order valence-corrected chi connectivity index (χ1v) is 8.28. The van der Waals surface area contributed by atoms with Crippen LogP contribution < -0.4 is 10.6 Å². The van der Waals surface area contributed by atoms with Crippen LogP contribution in [0.2, 0.25) is 0 Å². The molecule has 2 aromatic rings. The molecule has 2 aromatic heterocycles. The molecule has 0 aromatic carbocycles. The lowest BCUT2D eigenvalue weighted by Gasteiger charge is -2.03. The third-order valence-electron chi connectivity index (χ3n) is 2.38. The van der Waals surface area contributed by atoms with Gasteiger partial charge in [-0.2, -0.15) is 11.8 Å². The maximum Gasteiger partial charge on any atom is 0.320 e. The summed E-state index contributed by atoms with van der Waals surface area (Å²) in [5.41, 5.74) is 1.01. The van der Waals surface area contributed by atoms with E-state index >= 15 is 0 Å². The van der Waals surface area contributed by atoms with E-state index in [9.17, 15) is 4.79 Å². The van der Waals surface area contributed by atoms with E-state index in [0.717, 1.165) is 22.9 Å². The van der Waals surface area contributed by atoms with Crippen molar-refractivity contribution in [3.05, 3.63) is 22.3 Å². The molecule has 20 heavy (non-hydrogen) atoms. The number of hydrogen-bond acceptors (Lipinski definition) is 6. The van der Waals surface area contributed by atoms with Crippen LogP contribution in [0, 0.1) is 0 Å². The molecule has 0 atom stereocenters. The minimum Gasteiger partial charge on any atom is -0.337 e. The molecule has 0 aliphatic carbocycles. The van der Waals surface area contributed by atoms with Crippen molar-refractivity contribution in [3.63, 3.8) is 0 Å². The lowest BCUT2D eigenvalue weighted by atomic mass is 10.3. The largest absolute Gasteiger partial charge is 0.337 e. The molecule has 0 aliphatic heterocycles. The quantitative estimate of drug-likeness (QED) is 0.844. The fourth-order valence-corrected chi connectivity index (χ4v) is 3.07. The number of thiazole rings is 1. The van der Waals surface area contributed by atoms with Gasteiger partial charge in [-0.1, -0.05) is 5.21 Å². The van der Waals surface area contributed by atoms with Gasteiger partial charge in [-0.25, -0.2) is 9.78 Å². The Hall–Kier alpha value is -1.61. The fraction of sp³-hybridized carbons (Fsp3) is 0.455. The number of anilines is 1. The van der Waals surface area contributed by atoms with Crippen LogP contribution in [0.4, 0.5) is 10.6 Å². The second kappa shape index (κ2) is 7.25. The third kappa shape index (κ3) is 4.49. The molecule has 0 bridgehead atoms. The van der Waals surface area contributed by atoms with Gasteiger partial charge in [0.15, 0.2) is 5.82 Å². The Morgan fingerprint density at radius 1 is 1.55 bits per heavy atom. The van der Waals surface area contributed by atoms with Crippen LogP contribution in [0.1, 0.15) is 10.7 Å². The molecule has 7 nitrogen and oxygen atoms in total.